The van der Waals surface area contributed by atoms with Crippen molar-refractivity contribution < 1.29 is 18.3 Å². The number of methoxy groups -OCH3 is 1. The van der Waals surface area contributed by atoms with Gasteiger partial charge in [-0.15, -0.1) is 0 Å². The van der Waals surface area contributed by atoms with Crippen LogP contribution in [0.1, 0.15) is 18.9 Å². The van der Waals surface area contributed by atoms with Gasteiger partial charge in [-0.1, -0.05) is 6.92 Å². The van der Waals surface area contributed by atoms with Gasteiger partial charge >= 0.3 is 0 Å². The molecule has 1 aromatic carbocycles. The van der Waals surface area contributed by atoms with Gasteiger partial charge in [0.25, 0.3) is 0 Å². The first-order chi connectivity index (χ1) is 9.65. The van der Waals surface area contributed by atoms with E-state index < -0.39 is 11.6 Å². The Morgan fingerprint density at radius 1 is 1.15 bits per heavy atom. The third kappa shape index (κ3) is 6.93. The lowest BCUT2D eigenvalue weighted by molar-refractivity contribution is 0.0587. The highest BCUT2D eigenvalue weighted by Crippen LogP contribution is 2.10. The number of ether oxygens (including phenoxy) is 2. The molecule has 20 heavy (non-hydrogen) atoms. The van der Waals surface area contributed by atoms with Crippen LogP contribution in [0, 0.1) is 11.6 Å². The Balaban J connectivity index is 2.53. The Morgan fingerprint density at radius 3 is 2.45 bits per heavy atom. The molecule has 0 aliphatic carbocycles. The van der Waals surface area contributed by atoms with Gasteiger partial charge in [0.15, 0.2) is 0 Å². The summed E-state index contributed by atoms with van der Waals surface area (Å²) in [5.41, 5.74) is 0.631. The minimum absolute atomic E-state index is 0.0352. The second-order valence-corrected chi connectivity index (χ2v) is 4.70. The molecule has 0 amide bonds. The lowest BCUT2D eigenvalue weighted by atomic mass is 10.1. The SMILES string of the molecule is CCCNC(COCCOC)Cc1cc(F)cc(F)c1. The lowest BCUT2D eigenvalue weighted by Crippen LogP contribution is -2.36. The van der Waals surface area contributed by atoms with Crippen molar-refractivity contribution in [2.45, 2.75) is 25.8 Å². The van der Waals surface area contributed by atoms with Crippen molar-refractivity contribution in [2.75, 3.05) is 33.5 Å². The van der Waals surface area contributed by atoms with E-state index in [2.05, 4.69) is 12.2 Å². The third-order valence-electron chi connectivity index (χ3n) is 2.84. The molecule has 1 unspecified atom stereocenters. The largest absolute Gasteiger partial charge is 0.382 e. The van der Waals surface area contributed by atoms with E-state index in [-0.39, 0.29) is 6.04 Å². The number of hydrogen-bond acceptors (Lipinski definition) is 3. The summed E-state index contributed by atoms with van der Waals surface area (Å²) in [6.07, 6.45) is 1.52. The van der Waals surface area contributed by atoms with E-state index in [0.29, 0.717) is 31.8 Å². The highest BCUT2D eigenvalue weighted by molar-refractivity contribution is 5.19. The average Bonchev–Trinajstić information content (AvgIpc) is 2.39. The van der Waals surface area contributed by atoms with Crippen molar-refractivity contribution in [1.29, 1.82) is 0 Å². The van der Waals surface area contributed by atoms with Gasteiger partial charge < -0.3 is 14.8 Å². The highest BCUT2D eigenvalue weighted by Gasteiger charge is 2.11. The summed E-state index contributed by atoms with van der Waals surface area (Å²) >= 11 is 0. The summed E-state index contributed by atoms with van der Waals surface area (Å²) in [6, 6.07) is 3.64. The molecule has 0 aromatic heterocycles. The summed E-state index contributed by atoms with van der Waals surface area (Å²) in [5, 5.41) is 3.32. The van der Waals surface area contributed by atoms with Gasteiger partial charge in [-0.05, 0) is 37.1 Å². The van der Waals surface area contributed by atoms with Gasteiger partial charge in [-0.2, -0.15) is 0 Å². The van der Waals surface area contributed by atoms with Crippen LogP contribution in [0.5, 0.6) is 0 Å². The maximum atomic E-state index is 13.2. The van der Waals surface area contributed by atoms with Gasteiger partial charge in [0.2, 0.25) is 0 Å². The monoisotopic (exact) mass is 287 g/mol. The Bertz CT molecular complexity index is 368. The van der Waals surface area contributed by atoms with Gasteiger partial charge in [-0.25, -0.2) is 8.78 Å². The van der Waals surface area contributed by atoms with Crippen molar-refractivity contribution in [3.8, 4) is 0 Å². The topological polar surface area (TPSA) is 30.5 Å². The van der Waals surface area contributed by atoms with Crippen LogP contribution in [0.25, 0.3) is 0 Å². The summed E-state index contributed by atoms with van der Waals surface area (Å²) in [7, 11) is 1.62. The molecule has 0 bridgehead atoms. The molecule has 114 valence electrons. The molecule has 0 radical (unpaired) electrons. The van der Waals surface area contributed by atoms with E-state index in [1.165, 1.54) is 12.1 Å². The van der Waals surface area contributed by atoms with E-state index >= 15 is 0 Å². The van der Waals surface area contributed by atoms with Crippen LogP contribution in [0.2, 0.25) is 0 Å². The molecular weight excluding hydrogens is 264 g/mol. The van der Waals surface area contributed by atoms with E-state index in [0.717, 1.165) is 19.0 Å². The zero-order valence-electron chi connectivity index (χ0n) is 12.1. The van der Waals surface area contributed by atoms with Crippen molar-refractivity contribution in [3.05, 3.63) is 35.4 Å². The number of nitrogens with one attached hydrogen (secondary N) is 1. The smallest absolute Gasteiger partial charge is 0.126 e. The standard InChI is InChI=1S/C15H23F2NO2/c1-3-4-18-15(11-20-6-5-19-2)9-12-7-13(16)10-14(17)8-12/h7-8,10,15,18H,3-6,9,11H2,1-2H3. The first kappa shape index (κ1) is 17.0. The van der Waals surface area contributed by atoms with Crippen LogP contribution in [0.3, 0.4) is 0 Å². The van der Waals surface area contributed by atoms with Gasteiger partial charge in [-0.3, -0.25) is 0 Å². The summed E-state index contributed by atoms with van der Waals surface area (Å²) < 4.78 is 36.8. The van der Waals surface area contributed by atoms with Crippen LogP contribution in [-0.2, 0) is 15.9 Å². The average molecular weight is 287 g/mol. The molecule has 0 saturated heterocycles. The van der Waals surface area contributed by atoms with Crippen molar-refractivity contribution >= 4 is 0 Å². The van der Waals surface area contributed by atoms with E-state index in [9.17, 15) is 8.78 Å². The molecule has 1 N–H and O–H groups in total. The molecule has 1 atom stereocenters. The number of benzene rings is 1. The van der Waals surface area contributed by atoms with Crippen LogP contribution in [0.4, 0.5) is 8.78 Å². The van der Waals surface area contributed by atoms with Crippen molar-refractivity contribution in [2.24, 2.45) is 0 Å². The minimum Gasteiger partial charge on any atom is -0.382 e. The third-order valence-corrected chi connectivity index (χ3v) is 2.84. The van der Waals surface area contributed by atoms with Crippen LogP contribution in [0.15, 0.2) is 18.2 Å². The summed E-state index contributed by atoms with van der Waals surface area (Å²) in [6.45, 7) is 4.45. The first-order valence-corrected chi connectivity index (χ1v) is 6.90. The number of halogens is 2. The first-order valence-electron chi connectivity index (χ1n) is 6.90. The van der Waals surface area contributed by atoms with Gasteiger partial charge in [0.05, 0.1) is 19.8 Å². The Morgan fingerprint density at radius 2 is 1.85 bits per heavy atom. The quantitative estimate of drug-likeness (QED) is 0.671. The Hall–Kier alpha value is -1.04. The summed E-state index contributed by atoms with van der Waals surface area (Å²) in [4.78, 5) is 0. The Kier molecular flexibility index (Phi) is 8.34. The molecule has 0 saturated carbocycles. The van der Waals surface area contributed by atoms with E-state index in [4.69, 9.17) is 9.47 Å². The molecule has 0 heterocycles. The molecule has 0 aliphatic heterocycles. The molecule has 0 aliphatic rings. The molecule has 1 aromatic rings. The zero-order chi connectivity index (χ0) is 14.8. The highest BCUT2D eigenvalue weighted by atomic mass is 19.1. The Labute approximate surface area is 119 Å². The lowest BCUT2D eigenvalue weighted by Gasteiger charge is -2.19. The number of rotatable bonds is 10. The minimum atomic E-state index is -0.547. The molecule has 3 nitrogen and oxygen atoms in total. The number of hydrogen-bond donors (Lipinski definition) is 1. The fraction of sp³-hybridized carbons (Fsp3) is 0.600. The molecule has 1 rings (SSSR count). The fourth-order valence-electron chi connectivity index (χ4n) is 1.92. The normalized spacial score (nSPS) is 12.6. The molecule has 0 spiro atoms. The maximum Gasteiger partial charge on any atom is 0.126 e. The van der Waals surface area contributed by atoms with Crippen LogP contribution < -0.4 is 5.32 Å². The van der Waals surface area contributed by atoms with Gasteiger partial charge in [0, 0.05) is 19.2 Å². The van der Waals surface area contributed by atoms with E-state index in [1.807, 2.05) is 0 Å². The molecule has 0 fully saturated rings. The van der Waals surface area contributed by atoms with Crippen LogP contribution in [-0.4, -0.2) is 39.5 Å². The second-order valence-electron chi connectivity index (χ2n) is 4.70. The predicted octanol–water partition coefficient (Wildman–Crippen LogP) is 2.54. The second kappa shape index (κ2) is 9.80. The van der Waals surface area contributed by atoms with Gasteiger partial charge in [0.1, 0.15) is 11.6 Å². The van der Waals surface area contributed by atoms with Crippen molar-refractivity contribution in [3.63, 3.8) is 0 Å². The molecule has 5 heteroatoms. The van der Waals surface area contributed by atoms with Crippen LogP contribution >= 0.6 is 0 Å². The fourth-order valence-corrected chi connectivity index (χ4v) is 1.92. The zero-order valence-corrected chi connectivity index (χ0v) is 12.1. The summed E-state index contributed by atoms with van der Waals surface area (Å²) in [5.74, 6) is -1.09. The maximum absolute atomic E-state index is 13.2. The predicted molar refractivity (Wildman–Crippen MR) is 74.8 cm³/mol. The molecular formula is C15H23F2NO2. The van der Waals surface area contributed by atoms with Crippen molar-refractivity contribution in [1.82, 2.24) is 5.32 Å². The van der Waals surface area contributed by atoms with E-state index in [1.54, 1.807) is 7.11 Å².